The van der Waals surface area contributed by atoms with Crippen molar-refractivity contribution in [1.82, 2.24) is 5.43 Å². The molecule has 0 saturated carbocycles. The van der Waals surface area contributed by atoms with Crippen molar-refractivity contribution in [3.63, 3.8) is 0 Å². The van der Waals surface area contributed by atoms with E-state index in [1.165, 1.54) is 30.5 Å². The molecule has 1 amide bonds. The molecule has 0 radical (unpaired) electrons. The number of amides is 1. The number of allylic oxidation sites excluding steroid dienone is 2. The average molecular weight is 261 g/mol. The second-order valence-electron chi connectivity index (χ2n) is 3.74. The van der Waals surface area contributed by atoms with Crippen molar-refractivity contribution >= 4 is 17.8 Å². The Hall–Kier alpha value is -2.50. The van der Waals surface area contributed by atoms with Gasteiger partial charge in [0.25, 0.3) is 11.6 Å². The third-order valence-electron chi connectivity index (χ3n) is 2.26. The van der Waals surface area contributed by atoms with Gasteiger partial charge >= 0.3 is 0 Å². The first kappa shape index (κ1) is 14.6. The van der Waals surface area contributed by atoms with Gasteiger partial charge in [-0.2, -0.15) is 5.10 Å². The summed E-state index contributed by atoms with van der Waals surface area (Å²) in [7, 11) is 0. The topological polar surface area (TPSA) is 84.6 Å². The molecule has 1 aromatic carbocycles. The van der Waals surface area contributed by atoms with Crippen molar-refractivity contribution in [2.75, 3.05) is 0 Å². The summed E-state index contributed by atoms with van der Waals surface area (Å²) >= 11 is 0. The fourth-order valence-corrected chi connectivity index (χ4v) is 1.26. The van der Waals surface area contributed by atoms with Gasteiger partial charge in [-0.15, -0.1) is 0 Å². The molecule has 1 N–H and O–H groups in total. The van der Waals surface area contributed by atoms with Crippen molar-refractivity contribution in [2.45, 2.75) is 19.8 Å². The Morgan fingerprint density at radius 3 is 2.68 bits per heavy atom. The Labute approximate surface area is 111 Å². The Balaban J connectivity index is 2.52. The lowest BCUT2D eigenvalue weighted by Crippen LogP contribution is -2.17. The highest BCUT2D eigenvalue weighted by Gasteiger charge is 2.08. The summed E-state index contributed by atoms with van der Waals surface area (Å²) in [5.74, 6) is -0.407. The predicted octanol–water partition coefficient (Wildman–Crippen LogP) is 2.67. The first-order valence-corrected chi connectivity index (χ1v) is 5.88. The zero-order valence-corrected chi connectivity index (χ0v) is 10.6. The van der Waals surface area contributed by atoms with Crippen molar-refractivity contribution in [3.8, 4) is 0 Å². The molecule has 0 aliphatic rings. The molecule has 0 aromatic heterocycles. The van der Waals surface area contributed by atoms with Crippen LogP contribution in [0.1, 0.15) is 30.1 Å². The van der Waals surface area contributed by atoms with E-state index in [0.717, 1.165) is 12.8 Å². The van der Waals surface area contributed by atoms with Crippen molar-refractivity contribution in [2.24, 2.45) is 5.10 Å². The van der Waals surface area contributed by atoms with Crippen molar-refractivity contribution in [1.29, 1.82) is 0 Å². The molecule has 19 heavy (non-hydrogen) atoms. The number of benzene rings is 1. The SMILES string of the molecule is CCC/C=C/C=N/NC(=O)c1ccc([N+](=O)[O-])cc1. The number of hydrogen-bond acceptors (Lipinski definition) is 4. The highest BCUT2D eigenvalue weighted by atomic mass is 16.6. The number of non-ortho nitro benzene ring substituents is 1. The van der Waals surface area contributed by atoms with Gasteiger partial charge in [0, 0.05) is 23.9 Å². The van der Waals surface area contributed by atoms with Crippen LogP contribution >= 0.6 is 0 Å². The number of carbonyl (C=O) groups is 1. The molecule has 0 fully saturated rings. The molecule has 1 rings (SSSR count). The van der Waals surface area contributed by atoms with Gasteiger partial charge in [-0.3, -0.25) is 14.9 Å². The number of hydrogen-bond donors (Lipinski definition) is 1. The minimum absolute atomic E-state index is 0.0532. The van der Waals surface area contributed by atoms with Gasteiger partial charge in [0.15, 0.2) is 0 Å². The lowest BCUT2D eigenvalue weighted by Gasteiger charge is -1.98. The van der Waals surface area contributed by atoms with E-state index in [1.54, 1.807) is 6.08 Å². The molecule has 0 bridgehead atoms. The maximum absolute atomic E-state index is 11.6. The van der Waals surface area contributed by atoms with Gasteiger partial charge in [-0.25, -0.2) is 5.43 Å². The van der Waals surface area contributed by atoms with Gasteiger partial charge < -0.3 is 0 Å². The van der Waals surface area contributed by atoms with Crippen LogP contribution in [0.5, 0.6) is 0 Å². The molecule has 0 atom stereocenters. The molecule has 0 saturated heterocycles. The largest absolute Gasteiger partial charge is 0.271 e. The summed E-state index contributed by atoms with van der Waals surface area (Å²) in [6.07, 6.45) is 7.20. The van der Waals surface area contributed by atoms with Crippen LogP contribution in [-0.4, -0.2) is 17.0 Å². The number of unbranched alkanes of at least 4 members (excludes halogenated alkanes) is 1. The van der Waals surface area contributed by atoms with Crippen LogP contribution in [0.4, 0.5) is 5.69 Å². The maximum atomic E-state index is 11.6. The lowest BCUT2D eigenvalue weighted by molar-refractivity contribution is -0.384. The zero-order valence-electron chi connectivity index (χ0n) is 10.6. The maximum Gasteiger partial charge on any atom is 0.271 e. The van der Waals surface area contributed by atoms with E-state index in [0.29, 0.717) is 5.56 Å². The van der Waals surface area contributed by atoms with Gasteiger partial charge in [0.2, 0.25) is 0 Å². The third-order valence-corrected chi connectivity index (χ3v) is 2.26. The van der Waals surface area contributed by atoms with Gasteiger partial charge in [-0.1, -0.05) is 19.4 Å². The quantitative estimate of drug-likeness (QED) is 0.485. The Morgan fingerprint density at radius 2 is 2.11 bits per heavy atom. The van der Waals surface area contributed by atoms with E-state index in [1.807, 2.05) is 6.08 Å². The van der Waals surface area contributed by atoms with E-state index < -0.39 is 10.8 Å². The summed E-state index contributed by atoms with van der Waals surface area (Å²) < 4.78 is 0. The molecule has 0 unspecified atom stereocenters. The standard InChI is InChI=1S/C13H15N3O3/c1-2-3-4-5-10-14-15-13(17)11-6-8-12(9-7-11)16(18)19/h4-10H,2-3H2,1H3,(H,15,17)/b5-4+,14-10+. The van der Waals surface area contributed by atoms with E-state index >= 15 is 0 Å². The Morgan fingerprint density at radius 1 is 1.42 bits per heavy atom. The Bertz CT molecular complexity index is 492. The highest BCUT2D eigenvalue weighted by molar-refractivity contribution is 5.94. The number of nitro groups is 1. The van der Waals surface area contributed by atoms with Gasteiger partial charge in [0.05, 0.1) is 4.92 Å². The number of rotatable bonds is 6. The summed E-state index contributed by atoms with van der Waals surface area (Å²) in [5.41, 5.74) is 2.60. The van der Waals surface area contributed by atoms with Gasteiger partial charge in [-0.05, 0) is 24.6 Å². The summed E-state index contributed by atoms with van der Waals surface area (Å²) in [6.45, 7) is 2.07. The number of hydrazone groups is 1. The van der Waals surface area contributed by atoms with E-state index in [9.17, 15) is 14.9 Å². The summed E-state index contributed by atoms with van der Waals surface area (Å²) in [4.78, 5) is 21.5. The second-order valence-corrected chi connectivity index (χ2v) is 3.74. The number of nitrogens with one attached hydrogen (secondary N) is 1. The molecule has 0 spiro atoms. The zero-order chi connectivity index (χ0) is 14.1. The molecular formula is C13H15N3O3. The first-order valence-electron chi connectivity index (χ1n) is 5.88. The van der Waals surface area contributed by atoms with Crippen LogP contribution in [0.15, 0.2) is 41.5 Å². The van der Waals surface area contributed by atoms with Crippen LogP contribution in [0, 0.1) is 10.1 Å². The van der Waals surface area contributed by atoms with E-state index in [4.69, 9.17) is 0 Å². The molecule has 6 heteroatoms. The predicted molar refractivity (Wildman–Crippen MR) is 73.1 cm³/mol. The van der Waals surface area contributed by atoms with E-state index in [2.05, 4.69) is 17.5 Å². The second kappa shape index (κ2) is 7.75. The molecule has 6 nitrogen and oxygen atoms in total. The van der Waals surface area contributed by atoms with Crippen LogP contribution in [0.2, 0.25) is 0 Å². The normalized spacial score (nSPS) is 11.0. The molecule has 0 aliphatic carbocycles. The Kier molecular flexibility index (Phi) is 5.94. The van der Waals surface area contributed by atoms with Crippen LogP contribution < -0.4 is 5.43 Å². The number of nitrogens with zero attached hydrogens (tertiary/aromatic N) is 2. The molecule has 100 valence electrons. The third kappa shape index (κ3) is 5.12. The fraction of sp³-hybridized carbons (Fsp3) is 0.231. The monoisotopic (exact) mass is 261 g/mol. The number of carbonyl (C=O) groups excluding carboxylic acids is 1. The minimum atomic E-state index is -0.516. The minimum Gasteiger partial charge on any atom is -0.267 e. The summed E-state index contributed by atoms with van der Waals surface area (Å²) in [6, 6.07) is 5.32. The molecule has 1 aromatic rings. The average Bonchev–Trinajstić information content (AvgIpc) is 2.42. The summed E-state index contributed by atoms with van der Waals surface area (Å²) in [5, 5.41) is 14.2. The van der Waals surface area contributed by atoms with Crippen LogP contribution in [-0.2, 0) is 0 Å². The smallest absolute Gasteiger partial charge is 0.267 e. The highest BCUT2D eigenvalue weighted by Crippen LogP contribution is 2.11. The first-order chi connectivity index (χ1) is 9.15. The van der Waals surface area contributed by atoms with Crippen LogP contribution in [0.3, 0.4) is 0 Å². The number of nitro benzene ring substituents is 1. The lowest BCUT2D eigenvalue weighted by atomic mass is 10.2. The van der Waals surface area contributed by atoms with E-state index in [-0.39, 0.29) is 5.69 Å². The van der Waals surface area contributed by atoms with Crippen molar-refractivity contribution in [3.05, 3.63) is 52.1 Å². The van der Waals surface area contributed by atoms with Gasteiger partial charge in [0.1, 0.15) is 0 Å². The molecular weight excluding hydrogens is 246 g/mol. The molecule has 0 heterocycles. The fourth-order valence-electron chi connectivity index (χ4n) is 1.26. The van der Waals surface area contributed by atoms with Crippen LogP contribution in [0.25, 0.3) is 0 Å². The molecule has 0 aliphatic heterocycles. The van der Waals surface area contributed by atoms with Crippen molar-refractivity contribution < 1.29 is 9.72 Å².